The van der Waals surface area contributed by atoms with Crippen LogP contribution in [0.5, 0.6) is 0 Å². The Morgan fingerprint density at radius 2 is 2.08 bits per heavy atom. The fourth-order valence-corrected chi connectivity index (χ4v) is 1.83. The Hall–Kier alpha value is -1.70. The average molecular weight is 168 g/mol. The van der Waals surface area contributed by atoms with Crippen LogP contribution in [0.4, 0.5) is 0 Å². The zero-order valence-electron chi connectivity index (χ0n) is 7.01. The minimum absolute atomic E-state index is 0.202. The molecule has 2 nitrogen and oxygen atoms in total. The Morgan fingerprint density at radius 1 is 1.15 bits per heavy atom. The molecule has 0 radical (unpaired) electrons. The molecule has 1 aliphatic carbocycles. The normalized spacial score (nSPS) is 22.5. The number of fused-ring (bicyclic) bond motifs is 3. The van der Waals surface area contributed by atoms with Crippen LogP contribution >= 0.6 is 0 Å². The van der Waals surface area contributed by atoms with Crippen molar-refractivity contribution in [3.63, 3.8) is 0 Å². The number of nitrogens with zero attached hydrogens (tertiary/aromatic N) is 2. The van der Waals surface area contributed by atoms with Crippen LogP contribution in [-0.4, -0.2) is 12.6 Å². The maximum Gasteiger partial charge on any atom is 0.111 e. The maximum absolute atomic E-state index is 4.34. The molecular formula is C11H8N2. The second kappa shape index (κ2) is 2.39. The van der Waals surface area contributed by atoms with Crippen LogP contribution in [0.1, 0.15) is 17.2 Å². The lowest BCUT2D eigenvalue weighted by molar-refractivity contribution is 0.905. The summed E-state index contributed by atoms with van der Waals surface area (Å²) in [6, 6.07) is 8.54. The van der Waals surface area contributed by atoms with Crippen molar-refractivity contribution in [1.82, 2.24) is 0 Å². The Kier molecular flexibility index (Phi) is 1.25. The quantitative estimate of drug-likeness (QED) is 0.567. The Bertz CT molecular complexity index is 441. The van der Waals surface area contributed by atoms with Gasteiger partial charge in [0.05, 0.1) is 0 Å². The van der Waals surface area contributed by atoms with Crippen molar-refractivity contribution in [2.24, 2.45) is 9.98 Å². The highest BCUT2D eigenvalue weighted by Crippen LogP contribution is 2.36. The molecule has 0 saturated heterocycles. The van der Waals surface area contributed by atoms with Crippen molar-refractivity contribution in [1.29, 1.82) is 0 Å². The molecule has 1 atom stereocenters. The molecule has 0 bridgehead atoms. The molecule has 0 N–H and O–H groups in total. The van der Waals surface area contributed by atoms with Gasteiger partial charge in [-0.25, -0.2) is 4.99 Å². The van der Waals surface area contributed by atoms with E-state index in [2.05, 4.69) is 34.3 Å². The zero-order valence-corrected chi connectivity index (χ0v) is 7.01. The zero-order chi connectivity index (χ0) is 8.67. The van der Waals surface area contributed by atoms with Crippen molar-refractivity contribution in [2.45, 2.75) is 6.04 Å². The molecule has 0 amide bonds. The van der Waals surface area contributed by atoms with Gasteiger partial charge in [0, 0.05) is 6.21 Å². The summed E-state index contributed by atoms with van der Waals surface area (Å²) in [4.78, 5) is 8.36. The molecule has 1 aromatic carbocycles. The van der Waals surface area contributed by atoms with Crippen molar-refractivity contribution in [2.75, 3.05) is 0 Å². The number of hydrogen-bond acceptors (Lipinski definition) is 2. The molecular weight excluding hydrogens is 160 g/mol. The van der Waals surface area contributed by atoms with Crippen LogP contribution in [0.25, 0.3) is 6.08 Å². The van der Waals surface area contributed by atoms with Gasteiger partial charge in [-0.05, 0) is 22.8 Å². The van der Waals surface area contributed by atoms with Crippen LogP contribution in [-0.2, 0) is 0 Å². The molecule has 0 fully saturated rings. The van der Waals surface area contributed by atoms with E-state index in [0.29, 0.717) is 0 Å². The van der Waals surface area contributed by atoms with Crippen LogP contribution < -0.4 is 0 Å². The maximum atomic E-state index is 4.34. The molecule has 0 aromatic heterocycles. The van der Waals surface area contributed by atoms with Gasteiger partial charge in [-0.15, -0.1) is 0 Å². The molecule has 0 spiro atoms. The first kappa shape index (κ1) is 6.78. The second-order valence-corrected chi connectivity index (χ2v) is 3.22. The lowest BCUT2D eigenvalue weighted by Gasteiger charge is -2.10. The fraction of sp³-hybridized carbons (Fsp3) is 0.0909. The van der Waals surface area contributed by atoms with Crippen molar-refractivity contribution < 1.29 is 0 Å². The van der Waals surface area contributed by atoms with Gasteiger partial charge in [-0.1, -0.05) is 24.3 Å². The van der Waals surface area contributed by atoms with Gasteiger partial charge in [-0.3, -0.25) is 4.99 Å². The molecule has 0 saturated carbocycles. The van der Waals surface area contributed by atoms with E-state index in [0.717, 1.165) is 0 Å². The Labute approximate surface area is 76.3 Å². The summed E-state index contributed by atoms with van der Waals surface area (Å²) < 4.78 is 0. The lowest BCUT2D eigenvalue weighted by Crippen LogP contribution is -2.00. The Balaban J connectivity index is 2.22. The van der Waals surface area contributed by atoms with Gasteiger partial charge in [0.15, 0.2) is 0 Å². The van der Waals surface area contributed by atoms with E-state index in [-0.39, 0.29) is 6.04 Å². The van der Waals surface area contributed by atoms with E-state index in [1.54, 1.807) is 6.34 Å². The van der Waals surface area contributed by atoms with Crippen molar-refractivity contribution in [3.05, 3.63) is 41.0 Å². The highest BCUT2D eigenvalue weighted by molar-refractivity contribution is 5.96. The van der Waals surface area contributed by atoms with E-state index in [1.807, 2.05) is 12.3 Å². The first-order valence-electron chi connectivity index (χ1n) is 4.30. The number of benzene rings is 1. The molecule has 1 heterocycles. The highest BCUT2D eigenvalue weighted by Gasteiger charge is 2.23. The van der Waals surface area contributed by atoms with Crippen molar-refractivity contribution >= 4 is 18.6 Å². The third-order valence-electron chi connectivity index (χ3n) is 2.43. The smallest absolute Gasteiger partial charge is 0.111 e. The molecule has 2 aliphatic rings. The van der Waals surface area contributed by atoms with Gasteiger partial charge < -0.3 is 0 Å². The second-order valence-electron chi connectivity index (χ2n) is 3.22. The van der Waals surface area contributed by atoms with Gasteiger partial charge in [0.25, 0.3) is 0 Å². The Morgan fingerprint density at radius 3 is 3.08 bits per heavy atom. The van der Waals surface area contributed by atoms with Gasteiger partial charge in [0.1, 0.15) is 12.4 Å². The third-order valence-corrected chi connectivity index (χ3v) is 2.43. The summed E-state index contributed by atoms with van der Waals surface area (Å²) in [5.41, 5.74) is 3.76. The molecule has 1 aromatic rings. The third kappa shape index (κ3) is 0.886. The van der Waals surface area contributed by atoms with Gasteiger partial charge in [0.2, 0.25) is 0 Å². The van der Waals surface area contributed by atoms with Gasteiger partial charge in [-0.2, -0.15) is 0 Å². The molecule has 62 valence electrons. The highest BCUT2D eigenvalue weighted by atomic mass is 14.9. The molecule has 1 unspecified atom stereocenters. The predicted molar refractivity (Wildman–Crippen MR) is 54.1 cm³/mol. The molecule has 1 aliphatic heterocycles. The standard InChI is InChI=1S/C11H8N2/c1-2-4-10-8(3-1)5-9-6-12-7-13-11(9)10/h1-7,11H. The first-order chi connectivity index (χ1) is 6.45. The lowest BCUT2D eigenvalue weighted by atomic mass is 10.0. The minimum atomic E-state index is 0.202. The summed E-state index contributed by atoms with van der Waals surface area (Å²) in [7, 11) is 0. The molecule has 3 rings (SSSR count). The monoisotopic (exact) mass is 168 g/mol. The number of hydrogen-bond donors (Lipinski definition) is 0. The van der Waals surface area contributed by atoms with E-state index >= 15 is 0 Å². The summed E-state index contributed by atoms with van der Waals surface area (Å²) in [6.07, 6.45) is 5.67. The largest absolute Gasteiger partial charge is 0.261 e. The number of aliphatic imine (C=N–C) groups is 2. The SMILES string of the molecule is C1=NC=NC2C1=Cc1ccccc12. The predicted octanol–water partition coefficient (Wildman–Crippen LogP) is 2.24. The van der Waals surface area contributed by atoms with E-state index < -0.39 is 0 Å². The van der Waals surface area contributed by atoms with E-state index in [4.69, 9.17) is 0 Å². The van der Waals surface area contributed by atoms with Gasteiger partial charge >= 0.3 is 0 Å². The van der Waals surface area contributed by atoms with Crippen molar-refractivity contribution in [3.8, 4) is 0 Å². The number of rotatable bonds is 0. The first-order valence-corrected chi connectivity index (χ1v) is 4.30. The van der Waals surface area contributed by atoms with Crippen LogP contribution in [0.15, 0.2) is 39.8 Å². The van der Waals surface area contributed by atoms with Crippen LogP contribution in [0, 0.1) is 0 Å². The average Bonchev–Trinajstić information content (AvgIpc) is 2.56. The summed E-state index contributed by atoms with van der Waals surface area (Å²) in [5, 5.41) is 0. The molecule has 2 heteroatoms. The summed E-state index contributed by atoms with van der Waals surface area (Å²) >= 11 is 0. The summed E-state index contributed by atoms with van der Waals surface area (Å²) in [5.74, 6) is 0. The van der Waals surface area contributed by atoms with E-state index in [9.17, 15) is 0 Å². The van der Waals surface area contributed by atoms with E-state index in [1.165, 1.54) is 16.7 Å². The summed E-state index contributed by atoms with van der Waals surface area (Å²) in [6.45, 7) is 0. The topological polar surface area (TPSA) is 24.7 Å². The van der Waals surface area contributed by atoms with Crippen LogP contribution in [0.2, 0.25) is 0 Å². The fourth-order valence-electron chi connectivity index (χ4n) is 1.83. The minimum Gasteiger partial charge on any atom is -0.261 e. The molecule has 13 heavy (non-hydrogen) atoms. The van der Waals surface area contributed by atoms with Crippen LogP contribution in [0.3, 0.4) is 0 Å².